The van der Waals surface area contributed by atoms with Gasteiger partial charge in [0.25, 0.3) is 5.09 Å². The molecule has 0 aliphatic heterocycles. The normalized spacial score (nSPS) is 11.9. The van der Waals surface area contributed by atoms with Crippen molar-refractivity contribution in [3.05, 3.63) is 39.9 Å². The molecule has 158 valence electrons. The van der Waals surface area contributed by atoms with E-state index in [1.54, 1.807) is 7.11 Å². The van der Waals surface area contributed by atoms with Gasteiger partial charge in [0.1, 0.15) is 18.5 Å². The molecule has 0 aliphatic carbocycles. The van der Waals surface area contributed by atoms with Gasteiger partial charge in [-0.1, -0.05) is 26.0 Å². The summed E-state index contributed by atoms with van der Waals surface area (Å²) in [4.78, 5) is 26.2. The van der Waals surface area contributed by atoms with Crippen LogP contribution in [0.1, 0.15) is 32.3 Å². The third-order valence-electron chi connectivity index (χ3n) is 3.73. The Labute approximate surface area is 165 Å². The molecule has 9 nitrogen and oxygen atoms in total. The number of hydrogen-bond donors (Lipinski definition) is 1. The molecule has 0 aliphatic rings. The van der Waals surface area contributed by atoms with E-state index in [1.807, 2.05) is 38.1 Å². The highest BCUT2D eigenvalue weighted by Crippen LogP contribution is 2.13. The average Bonchev–Trinajstić information content (AvgIpc) is 2.66. The minimum Gasteiger partial charge on any atom is -0.490 e. The summed E-state index contributed by atoms with van der Waals surface area (Å²) in [7, 11) is 1.67. The van der Waals surface area contributed by atoms with Crippen molar-refractivity contribution in [1.82, 2.24) is 5.32 Å². The SMILES string of the molecule is COCCc1ccc(OCC(CNC(C)C)OC(=O)CCCO[N+](=O)[O-])cc1. The molecule has 1 rings (SSSR count). The second kappa shape index (κ2) is 13.7. The lowest BCUT2D eigenvalue weighted by molar-refractivity contribution is -0.757. The number of methoxy groups -OCH3 is 1. The van der Waals surface area contributed by atoms with E-state index in [9.17, 15) is 14.9 Å². The summed E-state index contributed by atoms with van der Waals surface area (Å²) in [5.41, 5.74) is 1.15. The van der Waals surface area contributed by atoms with Gasteiger partial charge in [-0.15, -0.1) is 10.1 Å². The minimum atomic E-state index is -0.880. The number of hydrogen-bond acceptors (Lipinski definition) is 8. The number of ether oxygens (including phenoxy) is 3. The molecule has 0 aromatic heterocycles. The molecule has 0 saturated carbocycles. The standard InChI is InChI=1S/C19H30N2O7/c1-15(2)20-13-18(28-19(22)5-4-11-27-21(23)24)14-26-17-8-6-16(7-9-17)10-12-25-3/h6-9,15,18,20H,4-5,10-14H2,1-3H3. The summed E-state index contributed by atoms with van der Waals surface area (Å²) >= 11 is 0. The van der Waals surface area contributed by atoms with Crippen LogP contribution in [0, 0.1) is 10.1 Å². The first kappa shape index (κ1) is 23.6. The van der Waals surface area contributed by atoms with E-state index in [1.165, 1.54) is 0 Å². The first-order valence-electron chi connectivity index (χ1n) is 9.31. The topological polar surface area (TPSA) is 109 Å². The van der Waals surface area contributed by atoms with E-state index in [4.69, 9.17) is 14.2 Å². The smallest absolute Gasteiger partial charge is 0.306 e. The maximum atomic E-state index is 12.0. The van der Waals surface area contributed by atoms with Crippen LogP contribution < -0.4 is 10.1 Å². The van der Waals surface area contributed by atoms with Crippen molar-refractivity contribution in [1.29, 1.82) is 0 Å². The molecule has 1 atom stereocenters. The molecule has 1 unspecified atom stereocenters. The van der Waals surface area contributed by atoms with Gasteiger partial charge in [-0.05, 0) is 30.5 Å². The van der Waals surface area contributed by atoms with Crippen molar-refractivity contribution in [3.8, 4) is 5.75 Å². The van der Waals surface area contributed by atoms with Gasteiger partial charge in [0.05, 0.1) is 13.2 Å². The van der Waals surface area contributed by atoms with Gasteiger partial charge < -0.3 is 24.4 Å². The van der Waals surface area contributed by atoms with E-state index in [0.717, 1.165) is 12.0 Å². The van der Waals surface area contributed by atoms with E-state index < -0.39 is 17.2 Å². The third kappa shape index (κ3) is 11.3. The quantitative estimate of drug-likeness (QED) is 0.207. The summed E-state index contributed by atoms with van der Waals surface area (Å²) in [6, 6.07) is 7.91. The summed E-state index contributed by atoms with van der Waals surface area (Å²) in [5.74, 6) is 0.243. The van der Waals surface area contributed by atoms with Crippen molar-refractivity contribution >= 4 is 5.97 Å². The van der Waals surface area contributed by atoms with Crippen LogP contribution in [0.5, 0.6) is 5.75 Å². The van der Waals surface area contributed by atoms with Crippen LogP contribution in [0.25, 0.3) is 0 Å². The molecule has 0 heterocycles. The minimum absolute atomic E-state index is 0.0419. The highest BCUT2D eigenvalue weighted by Gasteiger charge is 2.16. The number of nitrogens with one attached hydrogen (secondary N) is 1. The molecule has 1 N–H and O–H groups in total. The Morgan fingerprint density at radius 1 is 1.21 bits per heavy atom. The van der Waals surface area contributed by atoms with Gasteiger partial charge >= 0.3 is 5.97 Å². The molecule has 1 aromatic rings. The molecule has 0 amide bonds. The van der Waals surface area contributed by atoms with Gasteiger partial charge in [0.2, 0.25) is 0 Å². The third-order valence-corrected chi connectivity index (χ3v) is 3.73. The highest BCUT2D eigenvalue weighted by molar-refractivity contribution is 5.69. The zero-order valence-corrected chi connectivity index (χ0v) is 16.7. The van der Waals surface area contributed by atoms with Crippen LogP contribution in [-0.4, -0.2) is 56.7 Å². The summed E-state index contributed by atoms with van der Waals surface area (Å²) < 4.78 is 16.3. The monoisotopic (exact) mass is 398 g/mol. The van der Waals surface area contributed by atoms with E-state index >= 15 is 0 Å². The van der Waals surface area contributed by atoms with Crippen molar-refractivity contribution in [2.24, 2.45) is 0 Å². The van der Waals surface area contributed by atoms with Crippen molar-refractivity contribution in [2.45, 2.75) is 45.3 Å². The first-order chi connectivity index (χ1) is 13.4. The predicted molar refractivity (Wildman–Crippen MR) is 103 cm³/mol. The second-order valence-electron chi connectivity index (χ2n) is 6.53. The number of esters is 1. The Morgan fingerprint density at radius 2 is 1.93 bits per heavy atom. The molecule has 9 heteroatoms. The summed E-state index contributed by atoms with van der Waals surface area (Å²) in [5, 5.41) is 12.4. The lowest BCUT2D eigenvalue weighted by Gasteiger charge is -2.20. The Kier molecular flexibility index (Phi) is 11.6. The lowest BCUT2D eigenvalue weighted by atomic mass is 10.1. The van der Waals surface area contributed by atoms with Gasteiger partial charge in [-0.2, -0.15) is 0 Å². The Hall–Kier alpha value is -2.39. The van der Waals surface area contributed by atoms with Crippen LogP contribution in [-0.2, 0) is 25.5 Å². The Balaban J connectivity index is 2.47. The van der Waals surface area contributed by atoms with Crippen LogP contribution >= 0.6 is 0 Å². The lowest BCUT2D eigenvalue weighted by Crippen LogP contribution is -2.38. The number of carbonyl (C=O) groups excluding carboxylic acids is 1. The Bertz CT molecular complexity index is 578. The number of rotatable bonds is 15. The molecule has 0 spiro atoms. The van der Waals surface area contributed by atoms with Crippen molar-refractivity contribution in [3.63, 3.8) is 0 Å². The molecule has 28 heavy (non-hydrogen) atoms. The molecule has 0 saturated heterocycles. The van der Waals surface area contributed by atoms with E-state index in [2.05, 4.69) is 10.2 Å². The molecule has 0 radical (unpaired) electrons. The predicted octanol–water partition coefficient (Wildman–Crippen LogP) is 2.15. The molecule has 0 bridgehead atoms. The van der Waals surface area contributed by atoms with E-state index in [0.29, 0.717) is 18.9 Å². The average molecular weight is 398 g/mol. The molecular formula is C19H30N2O7. The van der Waals surface area contributed by atoms with Crippen molar-refractivity contribution < 1.29 is 28.9 Å². The maximum absolute atomic E-state index is 12.0. The highest BCUT2D eigenvalue weighted by atomic mass is 16.9. The van der Waals surface area contributed by atoms with Crippen LogP contribution in [0.4, 0.5) is 0 Å². The van der Waals surface area contributed by atoms with Gasteiger partial charge in [-0.3, -0.25) is 4.79 Å². The zero-order valence-electron chi connectivity index (χ0n) is 16.7. The maximum Gasteiger partial charge on any atom is 0.306 e. The van der Waals surface area contributed by atoms with Crippen LogP contribution in [0.15, 0.2) is 24.3 Å². The Morgan fingerprint density at radius 3 is 2.54 bits per heavy atom. The largest absolute Gasteiger partial charge is 0.490 e. The number of benzene rings is 1. The van der Waals surface area contributed by atoms with Crippen LogP contribution in [0.3, 0.4) is 0 Å². The van der Waals surface area contributed by atoms with Gasteiger partial charge in [0, 0.05) is 26.1 Å². The number of nitrogens with zero attached hydrogens (tertiary/aromatic N) is 1. The fourth-order valence-corrected chi connectivity index (χ4v) is 2.26. The van der Waals surface area contributed by atoms with Gasteiger partial charge in [0.15, 0.2) is 0 Å². The first-order valence-corrected chi connectivity index (χ1v) is 9.31. The fourth-order valence-electron chi connectivity index (χ4n) is 2.26. The van der Waals surface area contributed by atoms with Crippen molar-refractivity contribution in [2.75, 3.05) is 33.5 Å². The fraction of sp³-hybridized carbons (Fsp3) is 0.632. The molecule has 0 fully saturated rings. The number of carbonyl (C=O) groups is 1. The second-order valence-corrected chi connectivity index (χ2v) is 6.53. The summed E-state index contributed by atoms with van der Waals surface area (Å²) in [6.07, 6.45) is 0.614. The van der Waals surface area contributed by atoms with Gasteiger partial charge in [-0.25, -0.2) is 0 Å². The van der Waals surface area contributed by atoms with Crippen LogP contribution in [0.2, 0.25) is 0 Å². The van der Waals surface area contributed by atoms with E-state index in [-0.39, 0.29) is 32.1 Å². The zero-order chi connectivity index (χ0) is 20.8. The summed E-state index contributed by atoms with van der Waals surface area (Å²) in [6.45, 7) is 5.16. The molecule has 1 aromatic carbocycles. The molecular weight excluding hydrogens is 368 g/mol.